The summed E-state index contributed by atoms with van der Waals surface area (Å²) in [5.74, 6) is 0.742. The average molecular weight is 345 g/mol. The highest BCUT2D eigenvalue weighted by Gasteiger charge is 2.29. The van der Waals surface area contributed by atoms with E-state index in [9.17, 15) is 4.79 Å². The highest BCUT2D eigenvalue weighted by atomic mass is 35.5. The van der Waals surface area contributed by atoms with Crippen molar-refractivity contribution in [1.29, 1.82) is 0 Å². The molecule has 5 heteroatoms. The summed E-state index contributed by atoms with van der Waals surface area (Å²) >= 11 is 5.99. The first-order chi connectivity index (χ1) is 11.7. The maximum Gasteiger partial charge on any atom is 0.246 e. The lowest BCUT2D eigenvalue weighted by atomic mass is 10.0. The Labute approximate surface area is 147 Å². The normalized spacial score (nSPS) is 15.9. The molecule has 1 N–H and O–H groups in total. The molecule has 0 aliphatic carbocycles. The zero-order valence-corrected chi connectivity index (χ0v) is 14.4. The summed E-state index contributed by atoms with van der Waals surface area (Å²) in [5.41, 5.74) is 1.73. The number of hydrogen-bond acceptors (Lipinski definition) is 3. The number of benzene rings is 2. The molecule has 1 saturated heterocycles. The maximum absolute atomic E-state index is 12.9. The number of halogens is 1. The quantitative estimate of drug-likeness (QED) is 0.887. The molecule has 1 aliphatic heterocycles. The molecule has 0 aromatic heterocycles. The van der Waals surface area contributed by atoms with Gasteiger partial charge >= 0.3 is 0 Å². The number of carbonyl (C=O) groups is 1. The molecular formula is C19H21ClN2O2. The molecule has 0 radical (unpaired) electrons. The fourth-order valence-corrected chi connectivity index (χ4v) is 3.18. The minimum absolute atomic E-state index is 0.0237. The van der Waals surface area contributed by atoms with Crippen molar-refractivity contribution in [2.45, 2.75) is 18.9 Å². The summed E-state index contributed by atoms with van der Waals surface area (Å²) in [6.07, 6.45) is 2.25. The van der Waals surface area contributed by atoms with Crippen molar-refractivity contribution in [3.05, 3.63) is 59.1 Å². The summed E-state index contributed by atoms with van der Waals surface area (Å²) in [6, 6.07) is 14.6. The zero-order valence-electron chi connectivity index (χ0n) is 13.7. The number of rotatable bonds is 5. The maximum atomic E-state index is 12.9. The highest BCUT2D eigenvalue weighted by molar-refractivity contribution is 6.30. The molecule has 1 fully saturated rings. The number of anilines is 1. The zero-order chi connectivity index (χ0) is 16.9. The molecule has 1 atom stereocenters. The number of hydrogen-bond donors (Lipinski definition) is 1. The Morgan fingerprint density at radius 3 is 2.29 bits per heavy atom. The van der Waals surface area contributed by atoms with Gasteiger partial charge in [0, 0.05) is 10.7 Å². The van der Waals surface area contributed by atoms with Crippen molar-refractivity contribution >= 4 is 23.2 Å². The molecule has 24 heavy (non-hydrogen) atoms. The largest absolute Gasteiger partial charge is 0.497 e. The standard InChI is InChI=1S/C19H21ClN2O2/c1-24-17-10-8-16(9-11-17)21-19(23)18(22-12-2-3-13-22)14-4-6-15(20)7-5-14/h4-11,18H,2-3,12-13H2,1H3,(H,21,23)/t18-/m0/s1. The van der Waals surface area contributed by atoms with E-state index in [-0.39, 0.29) is 11.9 Å². The van der Waals surface area contributed by atoms with Gasteiger partial charge in [0.2, 0.25) is 5.91 Å². The molecule has 3 rings (SSSR count). The predicted octanol–water partition coefficient (Wildman–Crippen LogP) is 4.12. The number of nitrogens with one attached hydrogen (secondary N) is 1. The molecule has 1 heterocycles. The monoisotopic (exact) mass is 344 g/mol. The lowest BCUT2D eigenvalue weighted by molar-refractivity contribution is -0.121. The van der Waals surface area contributed by atoms with Crippen LogP contribution < -0.4 is 10.1 Å². The molecule has 1 amide bonds. The number of nitrogens with zero attached hydrogens (tertiary/aromatic N) is 1. The Morgan fingerprint density at radius 1 is 1.08 bits per heavy atom. The van der Waals surface area contributed by atoms with E-state index in [1.807, 2.05) is 48.5 Å². The summed E-state index contributed by atoms with van der Waals surface area (Å²) in [5, 5.41) is 3.69. The van der Waals surface area contributed by atoms with Gasteiger partial charge in [-0.05, 0) is 67.9 Å². The lowest BCUT2D eigenvalue weighted by Gasteiger charge is -2.27. The van der Waals surface area contributed by atoms with Crippen LogP contribution in [0, 0.1) is 0 Å². The van der Waals surface area contributed by atoms with Crippen LogP contribution in [0.15, 0.2) is 48.5 Å². The van der Waals surface area contributed by atoms with E-state index in [1.165, 1.54) is 0 Å². The van der Waals surface area contributed by atoms with E-state index >= 15 is 0 Å². The number of likely N-dealkylation sites (tertiary alicyclic amines) is 1. The van der Waals surface area contributed by atoms with Gasteiger partial charge in [-0.1, -0.05) is 23.7 Å². The van der Waals surface area contributed by atoms with Crippen molar-refractivity contribution in [2.24, 2.45) is 0 Å². The second-order valence-corrected chi connectivity index (χ2v) is 6.35. The molecule has 126 valence electrons. The lowest BCUT2D eigenvalue weighted by Crippen LogP contribution is -2.35. The first kappa shape index (κ1) is 16.8. The molecule has 0 unspecified atom stereocenters. The predicted molar refractivity (Wildman–Crippen MR) is 96.6 cm³/mol. The van der Waals surface area contributed by atoms with Crippen LogP contribution in [0.25, 0.3) is 0 Å². The van der Waals surface area contributed by atoms with E-state index in [0.717, 1.165) is 42.9 Å². The number of carbonyl (C=O) groups excluding carboxylic acids is 1. The van der Waals surface area contributed by atoms with Gasteiger partial charge < -0.3 is 10.1 Å². The fraction of sp³-hybridized carbons (Fsp3) is 0.316. The van der Waals surface area contributed by atoms with Crippen LogP contribution in [0.5, 0.6) is 5.75 Å². The van der Waals surface area contributed by atoms with E-state index in [0.29, 0.717) is 5.02 Å². The van der Waals surface area contributed by atoms with E-state index in [1.54, 1.807) is 7.11 Å². The molecule has 0 bridgehead atoms. The SMILES string of the molecule is COc1ccc(NC(=O)[C@H](c2ccc(Cl)cc2)N2CCCC2)cc1. The highest BCUT2D eigenvalue weighted by Crippen LogP contribution is 2.28. The Bertz CT molecular complexity index is 680. The van der Waals surface area contributed by atoms with Gasteiger partial charge in [-0.25, -0.2) is 0 Å². The van der Waals surface area contributed by atoms with Crippen LogP contribution in [0.1, 0.15) is 24.4 Å². The van der Waals surface area contributed by atoms with Crippen molar-refractivity contribution in [3.63, 3.8) is 0 Å². The third kappa shape index (κ3) is 3.89. The summed E-state index contributed by atoms with van der Waals surface area (Å²) in [7, 11) is 1.62. The fourth-order valence-electron chi connectivity index (χ4n) is 3.06. The van der Waals surface area contributed by atoms with Crippen LogP contribution in [0.2, 0.25) is 5.02 Å². The molecule has 1 aliphatic rings. The van der Waals surface area contributed by atoms with Crippen molar-refractivity contribution < 1.29 is 9.53 Å². The summed E-state index contributed by atoms with van der Waals surface area (Å²) < 4.78 is 5.15. The van der Waals surface area contributed by atoms with Crippen molar-refractivity contribution in [2.75, 3.05) is 25.5 Å². The van der Waals surface area contributed by atoms with Crippen LogP contribution in [0.4, 0.5) is 5.69 Å². The third-order valence-electron chi connectivity index (χ3n) is 4.30. The van der Waals surface area contributed by atoms with Gasteiger partial charge in [-0.2, -0.15) is 0 Å². The summed E-state index contributed by atoms with van der Waals surface area (Å²) in [6.45, 7) is 1.87. The van der Waals surface area contributed by atoms with E-state index in [2.05, 4.69) is 10.2 Å². The van der Waals surface area contributed by atoms with Crippen molar-refractivity contribution in [1.82, 2.24) is 4.90 Å². The van der Waals surface area contributed by atoms with Crippen LogP contribution in [0.3, 0.4) is 0 Å². The van der Waals surface area contributed by atoms with Gasteiger partial charge in [-0.15, -0.1) is 0 Å². The minimum atomic E-state index is -0.299. The first-order valence-electron chi connectivity index (χ1n) is 8.12. The second-order valence-electron chi connectivity index (χ2n) is 5.91. The average Bonchev–Trinajstić information content (AvgIpc) is 3.11. The van der Waals surface area contributed by atoms with Crippen LogP contribution >= 0.6 is 11.6 Å². The Kier molecular flexibility index (Phi) is 5.38. The molecule has 2 aromatic rings. The molecule has 0 saturated carbocycles. The molecule has 0 spiro atoms. The van der Waals surface area contributed by atoms with E-state index < -0.39 is 0 Å². The first-order valence-corrected chi connectivity index (χ1v) is 8.49. The number of amides is 1. The number of ether oxygens (including phenoxy) is 1. The Morgan fingerprint density at radius 2 is 1.71 bits per heavy atom. The van der Waals surface area contributed by atoms with Gasteiger partial charge in [0.1, 0.15) is 11.8 Å². The van der Waals surface area contributed by atoms with Gasteiger partial charge in [0.05, 0.1) is 7.11 Å². The van der Waals surface area contributed by atoms with Gasteiger partial charge in [0.15, 0.2) is 0 Å². The van der Waals surface area contributed by atoms with Crippen molar-refractivity contribution in [3.8, 4) is 5.75 Å². The summed E-state index contributed by atoms with van der Waals surface area (Å²) in [4.78, 5) is 15.1. The minimum Gasteiger partial charge on any atom is -0.497 e. The Hall–Kier alpha value is -2.04. The Balaban J connectivity index is 1.81. The van der Waals surface area contributed by atoms with Gasteiger partial charge in [-0.3, -0.25) is 9.69 Å². The number of methoxy groups -OCH3 is 1. The topological polar surface area (TPSA) is 41.6 Å². The van der Waals surface area contributed by atoms with Crippen LogP contribution in [-0.4, -0.2) is 31.0 Å². The molecular weight excluding hydrogens is 324 g/mol. The van der Waals surface area contributed by atoms with Gasteiger partial charge in [0.25, 0.3) is 0 Å². The smallest absolute Gasteiger partial charge is 0.246 e. The second kappa shape index (κ2) is 7.69. The van der Waals surface area contributed by atoms with Crippen LogP contribution in [-0.2, 0) is 4.79 Å². The molecule has 4 nitrogen and oxygen atoms in total. The third-order valence-corrected chi connectivity index (χ3v) is 4.55. The van der Waals surface area contributed by atoms with E-state index in [4.69, 9.17) is 16.3 Å². The molecule has 2 aromatic carbocycles.